The summed E-state index contributed by atoms with van der Waals surface area (Å²) in [5.41, 5.74) is 2.60. The summed E-state index contributed by atoms with van der Waals surface area (Å²) in [4.78, 5) is 24.7. The molecule has 0 amide bonds. The molecule has 5 heteroatoms. The standard InChI is InChI=1S/C23H15FO4/c1-14-2-4-15(5-3-14)12-21-22(25)19-11-10-18(13-20(19)28-21)27-23(26)16-6-8-17(24)9-7-16/h2-13H,1H3/b21-12-. The quantitative estimate of drug-likeness (QED) is 0.369. The van der Waals surface area contributed by atoms with Gasteiger partial charge in [0.05, 0.1) is 11.1 Å². The van der Waals surface area contributed by atoms with Gasteiger partial charge in [-0.2, -0.15) is 0 Å². The SMILES string of the molecule is Cc1ccc(/C=C2\Oc3cc(OC(=O)c4ccc(F)cc4)ccc3C2=O)cc1. The van der Waals surface area contributed by atoms with Crippen LogP contribution in [0.5, 0.6) is 11.5 Å². The average molecular weight is 374 g/mol. The van der Waals surface area contributed by atoms with Crippen LogP contribution in [0.3, 0.4) is 0 Å². The lowest BCUT2D eigenvalue weighted by molar-refractivity contribution is 0.0734. The zero-order valence-electron chi connectivity index (χ0n) is 14.9. The molecule has 0 aromatic heterocycles. The molecule has 1 heterocycles. The van der Waals surface area contributed by atoms with Gasteiger partial charge in [0, 0.05) is 6.07 Å². The molecule has 4 nitrogen and oxygen atoms in total. The van der Waals surface area contributed by atoms with E-state index in [-0.39, 0.29) is 22.9 Å². The number of hydrogen-bond acceptors (Lipinski definition) is 4. The second-order valence-corrected chi connectivity index (χ2v) is 6.40. The number of rotatable bonds is 3. The predicted octanol–water partition coefficient (Wildman–Crippen LogP) is 4.97. The van der Waals surface area contributed by atoms with Crippen LogP contribution in [0.25, 0.3) is 6.08 Å². The number of ketones is 1. The summed E-state index contributed by atoms with van der Waals surface area (Å²) in [6.45, 7) is 1.98. The van der Waals surface area contributed by atoms with Crippen molar-refractivity contribution in [2.24, 2.45) is 0 Å². The zero-order valence-corrected chi connectivity index (χ0v) is 14.9. The Morgan fingerprint density at radius 1 is 1.00 bits per heavy atom. The Labute approximate surface area is 160 Å². The highest BCUT2D eigenvalue weighted by atomic mass is 19.1. The number of allylic oxidation sites excluding steroid dienone is 1. The Balaban J connectivity index is 1.54. The molecule has 0 N–H and O–H groups in total. The van der Waals surface area contributed by atoms with Crippen LogP contribution in [-0.2, 0) is 0 Å². The van der Waals surface area contributed by atoms with Crippen molar-refractivity contribution < 1.29 is 23.5 Å². The van der Waals surface area contributed by atoms with Crippen molar-refractivity contribution in [3.63, 3.8) is 0 Å². The predicted molar refractivity (Wildman–Crippen MR) is 102 cm³/mol. The molecule has 138 valence electrons. The van der Waals surface area contributed by atoms with E-state index in [0.717, 1.165) is 11.1 Å². The van der Waals surface area contributed by atoms with Crippen LogP contribution in [0.15, 0.2) is 72.5 Å². The Morgan fingerprint density at radius 2 is 1.71 bits per heavy atom. The van der Waals surface area contributed by atoms with Crippen molar-refractivity contribution >= 4 is 17.8 Å². The number of benzene rings is 3. The van der Waals surface area contributed by atoms with E-state index < -0.39 is 11.8 Å². The lowest BCUT2D eigenvalue weighted by Gasteiger charge is -2.05. The summed E-state index contributed by atoms with van der Waals surface area (Å²) in [5.74, 6) is -0.522. The number of esters is 1. The lowest BCUT2D eigenvalue weighted by Crippen LogP contribution is -2.08. The first kappa shape index (κ1) is 17.7. The van der Waals surface area contributed by atoms with Crippen molar-refractivity contribution in [1.29, 1.82) is 0 Å². The second kappa shape index (κ2) is 7.12. The lowest BCUT2D eigenvalue weighted by atomic mass is 10.1. The first-order valence-corrected chi connectivity index (χ1v) is 8.62. The van der Waals surface area contributed by atoms with Crippen molar-refractivity contribution in [2.75, 3.05) is 0 Å². The van der Waals surface area contributed by atoms with E-state index in [0.29, 0.717) is 11.3 Å². The zero-order chi connectivity index (χ0) is 19.7. The molecule has 4 rings (SSSR count). The number of hydrogen-bond donors (Lipinski definition) is 0. The Hall–Kier alpha value is -3.73. The average Bonchev–Trinajstić information content (AvgIpc) is 2.99. The maximum absolute atomic E-state index is 13.0. The molecule has 0 aliphatic carbocycles. The molecule has 0 fully saturated rings. The Bertz CT molecular complexity index is 1100. The minimum Gasteiger partial charge on any atom is -0.452 e. The maximum atomic E-state index is 13.0. The van der Waals surface area contributed by atoms with E-state index in [1.54, 1.807) is 12.1 Å². The first-order valence-electron chi connectivity index (χ1n) is 8.62. The maximum Gasteiger partial charge on any atom is 0.343 e. The Morgan fingerprint density at radius 3 is 2.43 bits per heavy atom. The number of aryl methyl sites for hydroxylation is 1. The molecular formula is C23H15FO4. The van der Waals surface area contributed by atoms with Crippen LogP contribution in [0, 0.1) is 12.7 Å². The molecular weight excluding hydrogens is 359 g/mol. The minimum absolute atomic E-state index is 0.209. The highest BCUT2D eigenvalue weighted by molar-refractivity contribution is 6.14. The van der Waals surface area contributed by atoms with Crippen LogP contribution < -0.4 is 9.47 Å². The third-order valence-corrected chi connectivity index (χ3v) is 4.31. The van der Waals surface area contributed by atoms with E-state index in [1.807, 2.05) is 31.2 Å². The number of Topliss-reactive ketones (excluding diaryl/α,β-unsaturated/α-hetero) is 1. The van der Waals surface area contributed by atoms with Crippen molar-refractivity contribution in [2.45, 2.75) is 6.92 Å². The summed E-state index contributed by atoms with van der Waals surface area (Å²) in [5, 5.41) is 0. The summed E-state index contributed by atoms with van der Waals surface area (Å²) >= 11 is 0. The molecule has 3 aromatic carbocycles. The topological polar surface area (TPSA) is 52.6 Å². The van der Waals surface area contributed by atoms with Crippen LogP contribution in [-0.4, -0.2) is 11.8 Å². The van der Waals surface area contributed by atoms with Gasteiger partial charge in [0.25, 0.3) is 0 Å². The van der Waals surface area contributed by atoms with Gasteiger partial charge in [0.1, 0.15) is 17.3 Å². The fourth-order valence-electron chi connectivity index (χ4n) is 2.80. The van der Waals surface area contributed by atoms with E-state index in [9.17, 15) is 14.0 Å². The summed E-state index contributed by atoms with van der Waals surface area (Å²) in [6.07, 6.45) is 1.67. The fourth-order valence-corrected chi connectivity index (χ4v) is 2.80. The third kappa shape index (κ3) is 3.55. The monoisotopic (exact) mass is 374 g/mol. The third-order valence-electron chi connectivity index (χ3n) is 4.31. The molecule has 0 unspecified atom stereocenters. The van der Waals surface area contributed by atoms with E-state index in [2.05, 4.69) is 0 Å². The van der Waals surface area contributed by atoms with E-state index in [4.69, 9.17) is 9.47 Å². The van der Waals surface area contributed by atoms with Crippen molar-refractivity contribution in [3.8, 4) is 11.5 Å². The number of ether oxygens (including phenoxy) is 2. The molecule has 1 aliphatic heterocycles. The van der Waals surface area contributed by atoms with Gasteiger partial charge in [-0.25, -0.2) is 9.18 Å². The first-order chi connectivity index (χ1) is 13.5. The normalized spacial score (nSPS) is 13.9. The van der Waals surface area contributed by atoms with Crippen LogP contribution in [0.2, 0.25) is 0 Å². The van der Waals surface area contributed by atoms with Gasteiger partial charge in [-0.1, -0.05) is 29.8 Å². The molecule has 0 saturated heterocycles. The number of carbonyl (C=O) groups is 2. The fraction of sp³-hybridized carbons (Fsp3) is 0.0435. The number of fused-ring (bicyclic) bond motifs is 1. The summed E-state index contributed by atoms with van der Waals surface area (Å²) in [6, 6.07) is 17.3. The minimum atomic E-state index is -0.625. The van der Waals surface area contributed by atoms with Gasteiger partial charge in [-0.15, -0.1) is 0 Å². The smallest absolute Gasteiger partial charge is 0.343 e. The van der Waals surface area contributed by atoms with Gasteiger partial charge in [0.15, 0.2) is 5.76 Å². The number of halogens is 1. The summed E-state index contributed by atoms with van der Waals surface area (Å²) in [7, 11) is 0. The van der Waals surface area contributed by atoms with Gasteiger partial charge in [0.2, 0.25) is 5.78 Å². The molecule has 1 aliphatic rings. The van der Waals surface area contributed by atoms with Crippen LogP contribution in [0.1, 0.15) is 31.8 Å². The van der Waals surface area contributed by atoms with Gasteiger partial charge in [-0.05, 0) is 55.0 Å². The Kier molecular flexibility index (Phi) is 4.49. The number of carbonyl (C=O) groups excluding carboxylic acids is 2. The molecule has 28 heavy (non-hydrogen) atoms. The molecule has 0 spiro atoms. The van der Waals surface area contributed by atoms with Crippen LogP contribution in [0.4, 0.5) is 4.39 Å². The van der Waals surface area contributed by atoms with Gasteiger partial charge in [-0.3, -0.25) is 4.79 Å². The van der Waals surface area contributed by atoms with Gasteiger partial charge >= 0.3 is 5.97 Å². The summed E-state index contributed by atoms with van der Waals surface area (Å²) < 4.78 is 23.9. The van der Waals surface area contributed by atoms with E-state index in [1.165, 1.54) is 36.4 Å². The van der Waals surface area contributed by atoms with Crippen molar-refractivity contribution in [3.05, 3.63) is 101 Å². The van der Waals surface area contributed by atoms with E-state index >= 15 is 0 Å². The van der Waals surface area contributed by atoms with Crippen LogP contribution >= 0.6 is 0 Å². The highest BCUT2D eigenvalue weighted by Gasteiger charge is 2.28. The molecule has 0 atom stereocenters. The molecule has 0 saturated carbocycles. The molecule has 0 radical (unpaired) electrons. The largest absolute Gasteiger partial charge is 0.452 e. The highest BCUT2D eigenvalue weighted by Crippen LogP contribution is 2.35. The molecule has 0 bridgehead atoms. The second-order valence-electron chi connectivity index (χ2n) is 6.40. The van der Waals surface area contributed by atoms with Crippen molar-refractivity contribution in [1.82, 2.24) is 0 Å². The molecule has 3 aromatic rings. The van der Waals surface area contributed by atoms with Gasteiger partial charge < -0.3 is 9.47 Å².